The Morgan fingerprint density at radius 3 is 0.811 bits per heavy atom. The lowest BCUT2D eigenvalue weighted by Gasteiger charge is -2.09. The van der Waals surface area contributed by atoms with Crippen LogP contribution in [-0.2, 0) is 56.9 Å². The van der Waals surface area contributed by atoms with Gasteiger partial charge in [-0.05, 0) is 6.42 Å². The lowest BCUT2D eigenvalue weighted by atomic mass is 10.0. The second kappa shape index (κ2) is 49.4. The van der Waals surface area contributed by atoms with Crippen molar-refractivity contribution in [2.24, 2.45) is 0 Å². The summed E-state index contributed by atoms with van der Waals surface area (Å²) in [5, 5.41) is 0. The van der Waals surface area contributed by atoms with E-state index in [4.69, 9.17) is 63.7 Å². The number of esters is 1. The first kappa shape index (κ1) is 52.4. The minimum absolute atomic E-state index is 0.130. The van der Waals surface area contributed by atoms with E-state index in [-0.39, 0.29) is 12.6 Å². The van der Waals surface area contributed by atoms with Gasteiger partial charge in [-0.1, -0.05) is 96.8 Å². The molecule has 13 heteroatoms. The summed E-state index contributed by atoms with van der Waals surface area (Å²) in [7, 11) is 0. The zero-order valence-corrected chi connectivity index (χ0v) is 34.4. The SMILES string of the molecule is CCCCCCCCCCCCCCCCCC(=O)OCCOCCOCCOCCOCCOCCOCCOCCOCCOCCOCCCl. The number of ether oxygens (including phenoxy) is 11. The second-order valence-electron chi connectivity index (χ2n) is 12.7. The highest BCUT2D eigenvalue weighted by Crippen LogP contribution is 2.13. The number of carbonyl (C=O) groups is 1. The minimum Gasteiger partial charge on any atom is -0.463 e. The van der Waals surface area contributed by atoms with Gasteiger partial charge in [0.15, 0.2) is 0 Å². The van der Waals surface area contributed by atoms with Crippen molar-refractivity contribution in [2.75, 3.05) is 145 Å². The van der Waals surface area contributed by atoms with Gasteiger partial charge in [-0.25, -0.2) is 0 Å². The molecule has 0 saturated carbocycles. The average Bonchev–Trinajstić information content (AvgIpc) is 3.16. The lowest BCUT2D eigenvalue weighted by molar-refractivity contribution is -0.145. The van der Waals surface area contributed by atoms with Crippen LogP contribution < -0.4 is 0 Å². The van der Waals surface area contributed by atoms with Gasteiger partial charge in [0.25, 0.3) is 0 Å². The third-order valence-electron chi connectivity index (χ3n) is 8.04. The van der Waals surface area contributed by atoms with E-state index in [0.29, 0.717) is 144 Å². The highest BCUT2D eigenvalue weighted by atomic mass is 35.5. The molecule has 0 spiro atoms. The van der Waals surface area contributed by atoms with Crippen LogP contribution in [0, 0.1) is 0 Å². The molecule has 0 aromatic carbocycles. The highest BCUT2D eigenvalue weighted by Gasteiger charge is 2.03. The molecule has 53 heavy (non-hydrogen) atoms. The van der Waals surface area contributed by atoms with Crippen LogP contribution in [0.3, 0.4) is 0 Å². The minimum atomic E-state index is -0.130. The smallest absolute Gasteiger partial charge is 0.305 e. The summed E-state index contributed by atoms with van der Waals surface area (Å²) in [6.07, 6.45) is 20.2. The number of rotatable bonds is 48. The van der Waals surface area contributed by atoms with Crippen molar-refractivity contribution in [3.63, 3.8) is 0 Å². The van der Waals surface area contributed by atoms with Gasteiger partial charge in [0.1, 0.15) is 6.61 Å². The van der Waals surface area contributed by atoms with Crippen LogP contribution >= 0.6 is 11.6 Å². The molecule has 0 saturated heterocycles. The number of carbonyl (C=O) groups excluding carboxylic acids is 1. The molecule has 0 aromatic heterocycles. The third kappa shape index (κ3) is 49.3. The van der Waals surface area contributed by atoms with E-state index < -0.39 is 0 Å². The molecule has 0 aromatic rings. The van der Waals surface area contributed by atoms with Crippen molar-refractivity contribution in [3.05, 3.63) is 0 Å². The van der Waals surface area contributed by atoms with Gasteiger partial charge in [0.2, 0.25) is 0 Å². The highest BCUT2D eigenvalue weighted by molar-refractivity contribution is 6.17. The number of hydrogen-bond donors (Lipinski definition) is 0. The van der Waals surface area contributed by atoms with Gasteiger partial charge in [-0.2, -0.15) is 0 Å². The molecule has 0 heterocycles. The largest absolute Gasteiger partial charge is 0.463 e. The molecule has 0 aliphatic carbocycles. The Morgan fingerprint density at radius 1 is 0.321 bits per heavy atom. The number of alkyl halides is 1. The first-order valence-corrected chi connectivity index (χ1v) is 21.3. The summed E-state index contributed by atoms with van der Waals surface area (Å²) >= 11 is 5.52. The van der Waals surface area contributed by atoms with E-state index in [1.165, 1.54) is 83.5 Å². The quantitative estimate of drug-likeness (QED) is 0.0353. The van der Waals surface area contributed by atoms with Crippen LogP contribution in [-0.4, -0.2) is 151 Å². The van der Waals surface area contributed by atoms with Crippen molar-refractivity contribution < 1.29 is 56.9 Å². The van der Waals surface area contributed by atoms with Gasteiger partial charge in [-0.3, -0.25) is 4.79 Å². The zero-order valence-electron chi connectivity index (χ0n) is 33.6. The number of unbranched alkanes of at least 4 members (excludes halogenated alkanes) is 14. The van der Waals surface area contributed by atoms with Crippen molar-refractivity contribution in [1.29, 1.82) is 0 Å². The fourth-order valence-electron chi connectivity index (χ4n) is 5.06. The van der Waals surface area contributed by atoms with E-state index in [0.717, 1.165) is 12.8 Å². The molecule has 0 N–H and O–H groups in total. The standard InChI is InChI=1S/C40H79ClO12/c1-2-3-4-5-6-7-8-9-10-11-12-13-14-15-16-17-40(42)53-39-38-52-37-36-51-35-34-50-33-32-49-31-30-48-29-28-47-27-26-46-25-24-45-23-22-44-21-20-43-19-18-41/h2-39H2,1H3. The summed E-state index contributed by atoms with van der Waals surface area (Å²) in [6, 6.07) is 0. The van der Waals surface area contributed by atoms with Crippen molar-refractivity contribution in [1.82, 2.24) is 0 Å². The molecule has 0 fully saturated rings. The molecule has 318 valence electrons. The van der Waals surface area contributed by atoms with Gasteiger partial charge in [0.05, 0.1) is 132 Å². The molecule has 12 nitrogen and oxygen atoms in total. The number of hydrogen-bond acceptors (Lipinski definition) is 12. The predicted molar refractivity (Wildman–Crippen MR) is 209 cm³/mol. The van der Waals surface area contributed by atoms with Gasteiger partial charge < -0.3 is 52.1 Å². The molecule has 0 amide bonds. The molecule has 0 aliphatic rings. The van der Waals surface area contributed by atoms with Crippen LogP contribution in [0.25, 0.3) is 0 Å². The molecule has 0 bridgehead atoms. The normalized spacial score (nSPS) is 11.5. The van der Waals surface area contributed by atoms with Crippen LogP contribution in [0.15, 0.2) is 0 Å². The average molecular weight is 788 g/mol. The van der Waals surface area contributed by atoms with Crippen molar-refractivity contribution in [3.8, 4) is 0 Å². The topological polar surface area (TPSA) is 119 Å². The van der Waals surface area contributed by atoms with Crippen molar-refractivity contribution >= 4 is 17.6 Å². The van der Waals surface area contributed by atoms with Gasteiger partial charge >= 0.3 is 5.97 Å². The summed E-state index contributed by atoms with van der Waals surface area (Å²) in [6.45, 7) is 12.6. The van der Waals surface area contributed by atoms with E-state index in [9.17, 15) is 4.79 Å². The Balaban J connectivity index is 3.12. The summed E-state index contributed by atoms with van der Waals surface area (Å²) in [5.41, 5.74) is 0. The molecular weight excluding hydrogens is 708 g/mol. The van der Waals surface area contributed by atoms with E-state index in [2.05, 4.69) is 6.92 Å². The lowest BCUT2D eigenvalue weighted by Crippen LogP contribution is -2.15. The summed E-state index contributed by atoms with van der Waals surface area (Å²) in [4.78, 5) is 11.9. The van der Waals surface area contributed by atoms with Crippen LogP contribution in [0.5, 0.6) is 0 Å². The van der Waals surface area contributed by atoms with Crippen molar-refractivity contribution in [2.45, 2.75) is 110 Å². The maximum Gasteiger partial charge on any atom is 0.305 e. The van der Waals surface area contributed by atoms with E-state index >= 15 is 0 Å². The maximum absolute atomic E-state index is 11.9. The van der Waals surface area contributed by atoms with Gasteiger partial charge in [-0.15, -0.1) is 11.6 Å². The molecule has 0 unspecified atom stereocenters. The predicted octanol–water partition coefficient (Wildman–Crippen LogP) is 7.20. The molecule has 0 rings (SSSR count). The molecule has 0 aliphatic heterocycles. The van der Waals surface area contributed by atoms with Gasteiger partial charge in [0, 0.05) is 12.3 Å². The molecule has 0 radical (unpaired) electrons. The first-order chi connectivity index (χ1) is 26.3. The number of halogens is 1. The van der Waals surface area contributed by atoms with E-state index in [1.807, 2.05) is 0 Å². The summed E-state index contributed by atoms with van der Waals surface area (Å²) < 4.78 is 59.7. The Hall–Kier alpha value is -0.640. The van der Waals surface area contributed by atoms with Crippen LogP contribution in [0.2, 0.25) is 0 Å². The van der Waals surface area contributed by atoms with Crippen LogP contribution in [0.1, 0.15) is 110 Å². The monoisotopic (exact) mass is 787 g/mol. The Morgan fingerprint density at radius 2 is 0.547 bits per heavy atom. The Labute approximate surface area is 328 Å². The van der Waals surface area contributed by atoms with E-state index in [1.54, 1.807) is 0 Å². The third-order valence-corrected chi connectivity index (χ3v) is 8.20. The Kier molecular flexibility index (Phi) is 48.8. The second-order valence-corrected chi connectivity index (χ2v) is 13.1. The zero-order chi connectivity index (χ0) is 38.2. The fourth-order valence-corrected chi connectivity index (χ4v) is 5.17. The van der Waals surface area contributed by atoms with Crippen LogP contribution in [0.4, 0.5) is 0 Å². The Bertz CT molecular complexity index is 680. The summed E-state index contributed by atoms with van der Waals surface area (Å²) in [5.74, 6) is 0.366. The first-order valence-electron chi connectivity index (χ1n) is 20.8. The fraction of sp³-hybridized carbons (Fsp3) is 0.975. The molecule has 0 atom stereocenters. The maximum atomic E-state index is 11.9. The molecular formula is C40H79ClO12.